The van der Waals surface area contributed by atoms with Gasteiger partial charge in [0.15, 0.2) is 0 Å². The van der Waals surface area contributed by atoms with Crippen LogP contribution in [-0.4, -0.2) is 10.8 Å². The van der Waals surface area contributed by atoms with Crippen LogP contribution in [0.25, 0.3) is 0 Å². The summed E-state index contributed by atoms with van der Waals surface area (Å²) in [5.41, 5.74) is 0.892. The van der Waals surface area contributed by atoms with E-state index in [1.807, 2.05) is 51.1 Å². The van der Waals surface area contributed by atoms with E-state index in [4.69, 9.17) is 10.7 Å². The Hall–Kier alpha value is -0.900. The second-order valence-electron chi connectivity index (χ2n) is 4.26. The average Bonchev–Trinajstić information content (AvgIpc) is 2.02. The monoisotopic (exact) mass is 194 g/mol. The van der Waals surface area contributed by atoms with Crippen molar-refractivity contribution >= 4 is 0 Å². The Kier molecular flexibility index (Phi) is 3.63. The zero-order valence-electron chi connectivity index (χ0n) is 9.03. The molecule has 0 aliphatic rings. The van der Waals surface area contributed by atoms with E-state index in [-0.39, 0.29) is 5.60 Å². The molecule has 3 heteroatoms. The molecule has 0 saturated carbocycles. The molecule has 0 spiro atoms. The van der Waals surface area contributed by atoms with E-state index in [9.17, 15) is 0 Å². The van der Waals surface area contributed by atoms with Crippen molar-refractivity contribution in [2.45, 2.75) is 32.9 Å². The van der Waals surface area contributed by atoms with Gasteiger partial charge < -0.3 is 0 Å². The van der Waals surface area contributed by atoms with E-state index in [0.29, 0.717) is 6.54 Å². The molecule has 0 heterocycles. The van der Waals surface area contributed by atoms with Gasteiger partial charge in [-0.25, -0.2) is 5.84 Å². The number of nitrogens with zero attached hydrogens (tertiary/aromatic N) is 1. The lowest BCUT2D eigenvalue weighted by Crippen LogP contribution is -2.38. The Balaban J connectivity index is 2.46. The minimum atomic E-state index is -0.246. The lowest BCUT2D eigenvalue weighted by molar-refractivity contribution is -0.237. The van der Waals surface area contributed by atoms with Crippen LogP contribution in [0.3, 0.4) is 0 Å². The van der Waals surface area contributed by atoms with Gasteiger partial charge in [-0.2, -0.15) is 0 Å². The van der Waals surface area contributed by atoms with E-state index in [0.717, 1.165) is 5.56 Å². The molecule has 0 radical (unpaired) electrons. The lowest BCUT2D eigenvalue weighted by atomic mass is 10.2. The van der Waals surface area contributed by atoms with Crippen LogP contribution in [0.4, 0.5) is 0 Å². The summed E-state index contributed by atoms with van der Waals surface area (Å²) in [6.45, 7) is 6.51. The van der Waals surface area contributed by atoms with Crippen molar-refractivity contribution in [3.8, 4) is 0 Å². The highest BCUT2D eigenvalue weighted by atomic mass is 16.7. The maximum atomic E-state index is 5.70. The Labute approximate surface area is 85.4 Å². The smallest absolute Gasteiger partial charge is 0.0832 e. The summed E-state index contributed by atoms with van der Waals surface area (Å²) in [6, 6.07) is 9.99. The van der Waals surface area contributed by atoms with Crippen LogP contribution in [0, 0.1) is 0 Å². The van der Waals surface area contributed by atoms with Crippen molar-refractivity contribution in [1.82, 2.24) is 5.17 Å². The molecule has 0 amide bonds. The normalized spacial score (nSPS) is 12.1. The minimum absolute atomic E-state index is 0.246. The van der Waals surface area contributed by atoms with Crippen molar-refractivity contribution in [2.24, 2.45) is 5.84 Å². The molecule has 0 fully saturated rings. The predicted molar refractivity (Wildman–Crippen MR) is 57.0 cm³/mol. The first kappa shape index (κ1) is 11.2. The number of nitrogens with two attached hydrogens (primary N) is 1. The zero-order valence-corrected chi connectivity index (χ0v) is 9.03. The molecular formula is C11H18N2O. The summed E-state index contributed by atoms with van der Waals surface area (Å²) in [6.07, 6.45) is 0. The van der Waals surface area contributed by atoms with Crippen LogP contribution in [0.2, 0.25) is 0 Å². The second kappa shape index (κ2) is 4.55. The molecule has 0 saturated heterocycles. The van der Waals surface area contributed by atoms with Gasteiger partial charge in [0.2, 0.25) is 0 Å². The third kappa shape index (κ3) is 4.37. The van der Waals surface area contributed by atoms with Crippen LogP contribution in [-0.2, 0) is 11.4 Å². The molecule has 0 atom stereocenters. The van der Waals surface area contributed by atoms with Gasteiger partial charge in [-0.05, 0) is 26.3 Å². The Morgan fingerprint density at radius 2 is 1.79 bits per heavy atom. The Morgan fingerprint density at radius 3 is 2.29 bits per heavy atom. The molecule has 0 aliphatic carbocycles. The lowest BCUT2D eigenvalue weighted by Gasteiger charge is -2.26. The Bertz CT molecular complexity index is 266. The number of hydroxylamine groups is 1. The third-order valence-corrected chi connectivity index (χ3v) is 1.57. The number of rotatable bonds is 3. The van der Waals surface area contributed by atoms with Gasteiger partial charge in [-0.1, -0.05) is 30.3 Å². The fourth-order valence-corrected chi connectivity index (χ4v) is 1.15. The van der Waals surface area contributed by atoms with E-state index >= 15 is 0 Å². The number of hydrazine groups is 1. The molecule has 3 nitrogen and oxygen atoms in total. The fourth-order valence-electron chi connectivity index (χ4n) is 1.15. The maximum Gasteiger partial charge on any atom is 0.0832 e. The molecule has 0 aliphatic heterocycles. The highest BCUT2D eigenvalue weighted by molar-refractivity contribution is 5.13. The molecule has 1 aromatic carbocycles. The van der Waals surface area contributed by atoms with Crippen LogP contribution in [0.1, 0.15) is 26.3 Å². The number of hydrogen-bond acceptors (Lipinski definition) is 3. The van der Waals surface area contributed by atoms with Crippen molar-refractivity contribution in [3.05, 3.63) is 35.9 Å². The fraction of sp³-hybridized carbons (Fsp3) is 0.455. The topological polar surface area (TPSA) is 38.5 Å². The molecule has 0 unspecified atom stereocenters. The molecule has 2 N–H and O–H groups in total. The van der Waals surface area contributed by atoms with E-state index < -0.39 is 0 Å². The van der Waals surface area contributed by atoms with Crippen molar-refractivity contribution in [2.75, 3.05) is 0 Å². The van der Waals surface area contributed by atoms with E-state index in [2.05, 4.69) is 0 Å². The third-order valence-electron chi connectivity index (χ3n) is 1.57. The van der Waals surface area contributed by atoms with Gasteiger partial charge in [0, 0.05) is 0 Å². The van der Waals surface area contributed by atoms with Crippen LogP contribution < -0.4 is 5.84 Å². The molecular weight excluding hydrogens is 176 g/mol. The zero-order chi connectivity index (χ0) is 10.6. The summed E-state index contributed by atoms with van der Waals surface area (Å²) in [5, 5.41) is 1.37. The van der Waals surface area contributed by atoms with Crippen LogP contribution >= 0.6 is 0 Å². The highest BCUT2D eigenvalue weighted by Gasteiger charge is 2.14. The minimum Gasteiger partial charge on any atom is -0.278 e. The van der Waals surface area contributed by atoms with Crippen LogP contribution in [0.15, 0.2) is 30.3 Å². The SMILES string of the molecule is CC(C)(C)ON(N)Cc1ccccc1. The molecule has 78 valence electrons. The van der Waals surface area contributed by atoms with Gasteiger partial charge in [0.05, 0.1) is 12.1 Å². The summed E-state index contributed by atoms with van der Waals surface area (Å²) in [5.74, 6) is 5.70. The van der Waals surface area contributed by atoms with E-state index in [1.54, 1.807) is 0 Å². The number of hydrogen-bond donors (Lipinski definition) is 1. The largest absolute Gasteiger partial charge is 0.278 e. The first-order valence-electron chi connectivity index (χ1n) is 4.73. The van der Waals surface area contributed by atoms with Gasteiger partial charge in [-0.3, -0.25) is 4.84 Å². The second-order valence-corrected chi connectivity index (χ2v) is 4.26. The highest BCUT2D eigenvalue weighted by Crippen LogP contribution is 2.10. The van der Waals surface area contributed by atoms with Gasteiger partial charge >= 0.3 is 0 Å². The number of benzene rings is 1. The quantitative estimate of drug-likeness (QED) is 0.591. The summed E-state index contributed by atoms with van der Waals surface area (Å²) >= 11 is 0. The average molecular weight is 194 g/mol. The summed E-state index contributed by atoms with van der Waals surface area (Å²) in [4.78, 5) is 5.45. The van der Waals surface area contributed by atoms with Crippen LogP contribution in [0.5, 0.6) is 0 Å². The van der Waals surface area contributed by atoms with Gasteiger partial charge in [0.25, 0.3) is 0 Å². The summed E-state index contributed by atoms with van der Waals surface area (Å²) in [7, 11) is 0. The molecule has 14 heavy (non-hydrogen) atoms. The first-order chi connectivity index (χ1) is 6.47. The van der Waals surface area contributed by atoms with Crippen molar-refractivity contribution < 1.29 is 4.84 Å². The maximum absolute atomic E-state index is 5.70. The van der Waals surface area contributed by atoms with E-state index in [1.165, 1.54) is 5.17 Å². The predicted octanol–water partition coefficient (Wildman–Crippen LogP) is 2.09. The molecule has 0 aromatic heterocycles. The van der Waals surface area contributed by atoms with Crippen molar-refractivity contribution in [3.63, 3.8) is 0 Å². The van der Waals surface area contributed by atoms with Crippen molar-refractivity contribution in [1.29, 1.82) is 0 Å². The van der Waals surface area contributed by atoms with Gasteiger partial charge in [0.1, 0.15) is 0 Å². The van der Waals surface area contributed by atoms with Gasteiger partial charge in [-0.15, -0.1) is 5.17 Å². The first-order valence-corrected chi connectivity index (χ1v) is 4.73. The molecule has 0 bridgehead atoms. The Morgan fingerprint density at radius 1 is 1.21 bits per heavy atom. The molecule has 1 aromatic rings. The standard InChI is InChI=1S/C11H18N2O/c1-11(2,3)14-13(12)9-10-7-5-4-6-8-10/h4-8H,9,12H2,1-3H3. The summed E-state index contributed by atoms with van der Waals surface area (Å²) < 4.78 is 0. The molecule has 1 rings (SSSR count).